The van der Waals surface area contributed by atoms with Gasteiger partial charge < -0.3 is 5.73 Å². The first kappa shape index (κ1) is 11.9. The molecule has 5 heteroatoms. The predicted octanol–water partition coefficient (Wildman–Crippen LogP) is 2.15. The van der Waals surface area contributed by atoms with Gasteiger partial charge >= 0.3 is 0 Å². The summed E-state index contributed by atoms with van der Waals surface area (Å²) in [7, 11) is 0. The second-order valence-electron chi connectivity index (χ2n) is 4.82. The highest BCUT2D eigenvalue weighted by molar-refractivity contribution is 6.33. The summed E-state index contributed by atoms with van der Waals surface area (Å²) in [6, 6.07) is 3.97. The standard InChI is InChI=1S/C14H13FN2O2/c15-11-7-8(16)5-6-12(11)17-13(18)9-3-1-2-4-10(9)14(17)19/h5-7H,1-4,16H2. The van der Waals surface area contributed by atoms with Crippen molar-refractivity contribution < 1.29 is 14.0 Å². The fourth-order valence-corrected chi connectivity index (χ4v) is 2.66. The van der Waals surface area contributed by atoms with Crippen LogP contribution in [0.4, 0.5) is 15.8 Å². The minimum atomic E-state index is -0.651. The summed E-state index contributed by atoms with van der Waals surface area (Å²) in [5, 5.41) is 0. The number of nitrogens with two attached hydrogens (primary N) is 1. The Morgan fingerprint density at radius 2 is 1.63 bits per heavy atom. The Hall–Kier alpha value is -2.17. The lowest BCUT2D eigenvalue weighted by molar-refractivity contribution is -0.120. The van der Waals surface area contributed by atoms with Crippen molar-refractivity contribution in [1.82, 2.24) is 0 Å². The van der Waals surface area contributed by atoms with Gasteiger partial charge in [-0.1, -0.05) is 0 Å². The minimum Gasteiger partial charge on any atom is -0.399 e. The lowest BCUT2D eigenvalue weighted by Gasteiger charge is -2.16. The van der Waals surface area contributed by atoms with Crippen LogP contribution in [0.5, 0.6) is 0 Å². The molecule has 1 aliphatic heterocycles. The molecule has 98 valence electrons. The van der Waals surface area contributed by atoms with Gasteiger partial charge in [-0.25, -0.2) is 9.29 Å². The molecule has 0 spiro atoms. The highest BCUT2D eigenvalue weighted by atomic mass is 19.1. The lowest BCUT2D eigenvalue weighted by atomic mass is 9.93. The average molecular weight is 260 g/mol. The number of benzene rings is 1. The molecule has 0 saturated carbocycles. The van der Waals surface area contributed by atoms with E-state index in [-0.39, 0.29) is 23.2 Å². The maximum absolute atomic E-state index is 13.9. The van der Waals surface area contributed by atoms with E-state index in [1.165, 1.54) is 12.1 Å². The zero-order chi connectivity index (χ0) is 13.6. The average Bonchev–Trinajstić information content (AvgIpc) is 2.64. The van der Waals surface area contributed by atoms with Crippen molar-refractivity contribution in [2.45, 2.75) is 25.7 Å². The van der Waals surface area contributed by atoms with E-state index in [2.05, 4.69) is 0 Å². The molecule has 1 aromatic carbocycles. The van der Waals surface area contributed by atoms with Gasteiger partial charge in [0.1, 0.15) is 5.82 Å². The number of nitrogen functional groups attached to an aromatic ring is 1. The van der Waals surface area contributed by atoms with Gasteiger partial charge in [-0.15, -0.1) is 0 Å². The van der Waals surface area contributed by atoms with Gasteiger partial charge in [0.05, 0.1) is 5.69 Å². The molecule has 2 aliphatic rings. The van der Waals surface area contributed by atoms with Crippen LogP contribution in [0, 0.1) is 5.82 Å². The monoisotopic (exact) mass is 260 g/mol. The second-order valence-corrected chi connectivity index (χ2v) is 4.82. The first-order valence-electron chi connectivity index (χ1n) is 6.25. The third-order valence-corrected chi connectivity index (χ3v) is 3.60. The largest absolute Gasteiger partial charge is 0.399 e. The molecule has 0 bridgehead atoms. The molecule has 1 aromatic rings. The Morgan fingerprint density at radius 3 is 2.16 bits per heavy atom. The number of anilines is 2. The molecule has 0 fully saturated rings. The highest BCUT2D eigenvalue weighted by Crippen LogP contribution is 2.36. The fraction of sp³-hybridized carbons (Fsp3) is 0.286. The van der Waals surface area contributed by atoms with E-state index in [0.717, 1.165) is 23.8 Å². The zero-order valence-corrected chi connectivity index (χ0v) is 10.3. The van der Waals surface area contributed by atoms with E-state index < -0.39 is 5.82 Å². The molecule has 0 unspecified atom stereocenters. The first-order valence-corrected chi connectivity index (χ1v) is 6.25. The number of imide groups is 1. The van der Waals surface area contributed by atoms with Crippen LogP contribution in [0.25, 0.3) is 0 Å². The van der Waals surface area contributed by atoms with Gasteiger partial charge in [-0.2, -0.15) is 0 Å². The van der Waals surface area contributed by atoms with Crippen LogP contribution in [0.2, 0.25) is 0 Å². The number of carbonyl (C=O) groups is 2. The Balaban J connectivity index is 2.04. The molecular formula is C14H13FN2O2. The van der Waals surface area contributed by atoms with Crippen LogP contribution in [-0.2, 0) is 9.59 Å². The van der Waals surface area contributed by atoms with E-state index in [9.17, 15) is 14.0 Å². The fourth-order valence-electron chi connectivity index (χ4n) is 2.66. The van der Waals surface area contributed by atoms with Crippen molar-refractivity contribution in [3.05, 3.63) is 35.2 Å². The van der Waals surface area contributed by atoms with Gasteiger partial charge in [-0.3, -0.25) is 9.59 Å². The molecule has 1 heterocycles. The predicted molar refractivity (Wildman–Crippen MR) is 68.8 cm³/mol. The van der Waals surface area contributed by atoms with E-state index in [4.69, 9.17) is 5.73 Å². The molecule has 2 amide bonds. The van der Waals surface area contributed by atoms with E-state index >= 15 is 0 Å². The van der Waals surface area contributed by atoms with Crippen LogP contribution >= 0.6 is 0 Å². The number of halogens is 1. The number of hydrogen-bond acceptors (Lipinski definition) is 3. The van der Waals surface area contributed by atoms with Gasteiger partial charge in [0.15, 0.2) is 0 Å². The summed E-state index contributed by atoms with van der Waals surface area (Å²) >= 11 is 0. The van der Waals surface area contributed by atoms with E-state index in [1.54, 1.807) is 0 Å². The smallest absolute Gasteiger partial charge is 0.261 e. The van der Waals surface area contributed by atoms with Crippen LogP contribution in [0.15, 0.2) is 29.3 Å². The van der Waals surface area contributed by atoms with Gasteiger partial charge in [0.2, 0.25) is 0 Å². The quantitative estimate of drug-likeness (QED) is 0.621. The number of rotatable bonds is 1. The number of amides is 2. The Labute approximate surface area is 109 Å². The van der Waals surface area contributed by atoms with E-state index in [1.807, 2.05) is 0 Å². The maximum atomic E-state index is 13.9. The molecular weight excluding hydrogens is 247 g/mol. The minimum absolute atomic E-state index is 0.0152. The summed E-state index contributed by atoms with van der Waals surface area (Å²) < 4.78 is 13.9. The van der Waals surface area contributed by atoms with Gasteiger partial charge in [0, 0.05) is 16.8 Å². The normalized spacial score (nSPS) is 19.1. The lowest BCUT2D eigenvalue weighted by Crippen LogP contribution is -2.32. The summed E-state index contributed by atoms with van der Waals surface area (Å²) in [6.07, 6.45) is 3.01. The molecule has 3 rings (SSSR count). The molecule has 0 saturated heterocycles. The van der Waals surface area contributed by atoms with Crippen molar-refractivity contribution in [3.63, 3.8) is 0 Å². The summed E-state index contributed by atoms with van der Waals surface area (Å²) in [6.45, 7) is 0. The topological polar surface area (TPSA) is 63.4 Å². The van der Waals surface area contributed by atoms with Crippen molar-refractivity contribution in [2.75, 3.05) is 10.6 Å². The van der Waals surface area contributed by atoms with Crippen molar-refractivity contribution in [3.8, 4) is 0 Å². The summed E-state index contributed by atoms with van der Waals surface area (Å²) in [5.41, 5.74) is 6.82. The van der Waals surface area contributed by atoms with Crippen molar-refractivity contribution in [2.24, 2.45) is 0 Å². The summed E-state index contributed by atoms with van der Waals surface area (Å²) in [4.78, 5) is 25.4. The van der Waals surface area contributed by atoms with E-state index in [0.29, 0.717) is 24.0 Å². The molecule has 0 aromatic heterocycles. The van der Waals surface area contributed by atoms with Crippen LogP contribution in [0.1, 0.15) is 25.7 Å². The molecule has 0 atom stereocenters. The highest BCUT2D eigenvalue weighted by Gasteiger charge is 2.40. The Kier molecular flexibility index (Phi) is 2.62. The Morgan fingerprint density at radius 1 is 1.05 bits per heavy atom. The second kappa shape index (κ2) is 4.19. The number of nitrogens with zero attached hydrogens (tertiary/aromatic N) is 1. The third kappa shape index (κ3) is 1.73. The van der Waals surface area contributed by atoms with Crippen molar-refractivity contribution >= 4 is 23.2 Å². The zero-order valence-electron chi connectivity index (χ0n) is 10.3. The molecule has 1 aliphatic carbocycles. The SMILES string of the molecule is Nc1ccc(N2C(=O)C3=C(CCCC3)C2=O)c(F)c1. The third-order valence-electron chi connectivity index (χ3n) is 3.60. The number of carbonyl (C=O) groups excluding carboxylic acids is 2. The molecule has 19 heavy (non-hydrogen) atoms. The molecule has 2 N–H and O–H groups in total. The number of hydrogen-bond donors (Lipinski definition) is 1. The molecule has 4 nitrogen and oxygen atoms in total. The van der Waals surface area contributed by atoms with Gasteiger partial charge in [0.25, 0.3) is 11.8 Å². The first-order chi connectivity index (χ1) is 9.09. The Bertz CT molecular complexity index is 594. The van der Waals surface area contributed by atoms with Crippen LogP contribution in [-0.4, -0.2) is 11.8 Å². The molecule has 0 radical (unpaired) electrons. The maximum Gasteiger partial charge on any atom is 0.261 e. The van der Waals surface area contributed by atoms with Crippen LogP contribution in [0.3, 0.4) is 0 Å². The van der Waals surface area contributed by atoms with Crippen molar-refractivity contribution in [1.29, 1.82) is 0 Å². The summed E-state index contributed by atoms with van der Waals surface area (Å²) in [5.74, 6) is -1.42. The van der Waals surface area contributed by atoms with Crippen LogP contribution < -0.4 is 10.6 Å². The van der Waals surface area contributed by atoms with Gasteiger partial charge in [-0.05, 0) is 43.9 Å².